The monoisotopic (exact) mass is 341 g/mol. The minimum Gasteiger partial charge on any atom is -0.459 e. The Balaban J connectivity index is 1.90. The number of fused-ring (bicyclic) bond motifs is 2. The third-order valence-corrected chi connectivity index (χ3v) is 5.98. The van der Waals surface area contributed by atoms with Gasteiger partial charge in [-0.05, 0) is 34.7 Å². The van der Waals surface area contributed by atoms with Gasteiger partial charge in [-0.15, -0.1) is 0 Å². The molecule has 4 rings (SSSR count). The van der Waals surface area contributed by atoms with E-state index in [0.29, 0.717) is 10.7 Å². The number of nitrogens with one attached hydrogen (secondary N) is 1. The van der Waals surface area contributed by atoms with E-state index in [2.05, 4.69) is 25.5 Å². The molecular formula is C19H19NO3S. The highest BCUT2D eigenvalue weighted by atomic mass is 32.2. The van der Waals surface area contributed by atoms with Crippen molar-refractivity contribution in [3.8, 4) is 0 Å². The van der Waals surface area contributed by atoms with Gasteiger partial charge >= 0.3 is 0 Å². The van der Waals surface area contributed by atoms with Crippen LogP contribution in [0.1, 0.15) is 43.7 Å². The molecule has 124 valence electrons. The lowest BCUT2D eigenvalue weighted by Gasteiger charge is -2.20. The van der Waals surface area contributed by atoms with Crippen LogP contribution in [0.5, 0.6) is 0 Å². The number of rotatable bonds is 1. The van der Waals surface area contributed by atoms with Crippen molar-refractivity contribution in [2.75, 3.05) is 0 Å². The average Bonchev–Trinajstić information content (AvgIpc) is 3.05. The van der Waals surface area contributed by atoms with Gasteiger partial charge in [0.15, 0.2) is 0 Å². The van der Waals surface area contributed by atoms with Crippen LogP contribution >= 0.6 is 0 Å². The van der Waals surface area contributed by atoms with Crippen LogP contribution in [0.2, 0.25) is 0 Å². The van der Waals surface area contributed by atoms with Gasteiger partial charge in [0.05, 0.1) is 4.90 Å². The molecule has 5 heteroatoms. The topological polar surface area (TPSA) is 59.3 Å². The molecule has 0 aliphatic carbocycles. The molecule has 0 radical (unpaired) electrons. The smallest absolute Gasteiger partial charge is 0.241 e. The van der Waals surface area contributed by atoms with Gasteiger partial charge in [0.1, 0.15) is 17.4 Å². The fraction of sp³-hybridized carbons (Fsp3) is 0.263. The molecule has 24 heavy (non-hydrogen) atoms. The summed E-state index contributed by atoms with van der Waals surface area (Å²) in [5.74, 6) is 0.615. The van der Waals surface area contributed by atoms with Gasteiger partial charge in [-0.3, -0.25) is 0 Å². The Labute approximate surface area is 141 Å². The van der Waals surface area contributed by atoms with Crippen molar-refractivity contribution >= 4 is 21.0 Å². The lowest BCUT2D eigenvalue weighted by Crippen LogP contribution is -2.20. The van der Waals surface area contributed by atoms with Gasteiger partial charge in [-0.25, -0.2) is 8.42 Å². The number of sulfonamides is 1. The normalized spacial score (nSPS) is 19.5. The number of para-hydroxylation sites is 1. The van der Waals surface area contributed by atoms with E-state index in [9.17, 15) is 8.42 Å². The maximum Gasteiger partial charge on any atom is 0.241 e. The van der Waals surface area contributed by atoms with Gasteiger partial charge < -0.3 is 4.42 Å². The van der Waals surface area contributed by atoms with Crippen molar-refractivity contribution in [2.45, 2.75) is 37.1 Å². The highest BCUT2D eigenvalue weighted by molar-refractivity contribution is 7.89. The molecule has 1 aliphatic rings. The summed E-state index contributed by atoms with van der Waals surface area (Å²) >= 11 is 0. The maximum absolute atomic E-state index is 12.5. The van der Waals surface area contributed by atoms with Crippen molar-refractivity contribution in [2.24, 2.45) is 0 Å². The Morgan fingerprint density at radius 1 is 1.04 bits per heavy atom. The van der Waals surface area contributed by atoms with E-state index in [-0.39, 0.29) is 5.41 Å². The van der Waals surface area contributed by atoms with Gasteiger partial charge in [-0.2, -0.15) is 4.72 Å². The first kappa shape index (κ1) is 15.4. The minimum atomic E-state index is -3.51. The summed E-state index contributed by atoms with van der Waals surface area (Å²) in [6.45, 7) is 6.34. The third kappa shape index (κ3) is 2.36. The Kier molecular flexibility index (Phi) is 3.18. The van der Waals surface area contributed by atoms with E-state index in [1.54, 1.807) is 6.07 Å². The lowest BCUT2D eigenvalue weighted by atomic mass is 9.85. The molecule has 1 aromatic heterocycles. The number of hydrogen-bond donors (Lipinski definition) is 1. The van der Waals surface area contributed by atoms with Crippen LogP contribution in [0.15, 0.2) is 57.8 Å². The lowest BCUT2D eigenvalue weighted by molar-refractivity contribution is 0.507. The highest BCUT2D eigenvalue weighted by Crippen LogP contribution is 2.39. The second-order valence-electron chi connectivity index (χ2n) is 7.24. The molecule has 3 aromatic rings. The summed E-state index contributed by atoms with van der Waals surface area (Å²) in [6.07, 6.45) is 0. The van der Waals surface area contributed by atoms with Gasteiger partial charge in [-0.1, -0.05) is 51.1 Å². The molecule has 1 atom stereocenters. The van der Waals surface area contributed by atoms with Gasteiger partial charge in [0.25, 0.3) is 0 Å². The first-order valence-corrected chi connectivity index (χ1v) is 9.39. The van der Waals surface area contributed by atoms with Crippen molar-refractivity contribution in [3.05, 3.63) is 65.4 Å². The molecule has 2 aromatic carbocycles. The minimum absolute atomic E-state index is 0.0557. The predicted octanol–water partition coefficient (Wildman–Crippen LogP) is 4.11. The zero-order valence-electron chi connectivity index (χ0n) is 13.8. The van der Waals surface area contributed by atoms with Crippen LogP contribution in [0, 0.1) is 0 Å². The molecule has 1 aliphatic heterocycles. The number of hydrogen-bond acceptors (Lipinski definition) is 3. The fourth-order valence-corrected chi connectivity index (χ4v) is 4.54. The largest absolute Gasteiger partial charge is 0.459 e. The summed E-state index contributed by atoms with van der Waals surface area (Å²) in [7, 11) is -3.51. The first-order chi connectivity index (χ1) is 11.3. The van der Waals surface area contributed by atoms with Crippen LogP contribution in [-0.2, 0) is 15.4 Å². The molecule has 1 N–H and O–H groups in total. The van der Waals surface area contributed by atoms with E-state index in [0.717, 1.165) is 22.1 Å². The molecule has 0 spiro atoms. The zero-order chi connectivity index (χ0) is 17.1. The van der Waals surface area contributed by atoms with E-state index in [1.807, 2.05) is 42.5 Å². The average molecular weight is 341 g/mol. The summed E-state index contributed by atoms with van der Waals surface area (Å²) < 4.78 is 33.6. The summed E-state index contributed by atoms with van der Waals surface area (Å²) in [6, 6.07) is 14.7. The summed E-state index contributed by atoms with van der Waals surface area (Å²) in [5, 5.41) is 0.965. The second-order valence-corrected chi connectivity index (χ2v) is 8.93. The van der Waals surface area contributed by atoms with Crippen molar-refractivity contribution in [3.63, 3.8) is 0 Å². The summed E-state index contributed by atoms with van der Waals surface area (Å²) in [4.78, 5) is 0.334. The Hall–Kier alpha value is -2.11. The Morgan fingerprint density at radius 3 is 2.50 bits per heavy atom. The SMILES string of the molecule is CC(C)(C)c1ccc2c(c1)[C@@H](c1cc3ccccc3o1)NS2(=O)=O. The zero-order valence-corrected chi connectivity index (χ0v) is 14.6. The Morgan fingerprint density at radius 2 is 1.79 bits per heavy atom. The second kappa shape index (κ2) is 4.94. The maximum atomic E-state index is 12.5. The van der Waals surface area contributed by atoms with E-state index >= 15 is 0 Å². The van der Waals surface area contributed by atoms with Gasteiger partial charge in [0.2, 0.25) is 10.0 Å². The van der Waals surface area contributed by atoms with Crippen LogP contribution in [-0.4, -0.2) is 8.42 Å². The van der Waals surface area contributed by atoms with E-state index in [1.165, 1.54) is 0 Å². The quantitative estimate of drug-likeness (QED) is 0.724. The van der Waals surface area contributed by atoms with Crippen molar-refractivity contribution < 1.29 is 12.8 Å². The Bertz CT molecular complexity index is 1010. The fourth-order valence-electron chi connectivity index (χ4n) is 3.12. The van der Waals surface area contributed by atoms with Gasteiger partial charge in [0, 0.05) is 5.39 Å². The van der Waals surface area contributed by atoms with E-state index < -0.39 is 16.1 Å². The first-order valence-electron chi connectivity index (χ1n) is 7.91. The standard InChI is InChI=1S/C19H19NO3S/c1-19(2,3)13-8-9-17-14(11-13)18(20-24(17,21)22)16-10-12-6-4-5-7-15(12)23-16/h4-11,18,20H,1-3H3/t18-/m0/s1. The molecule has 2 heterocycles. The van der Waals surface area contributed by atoms with Crippen molar-refractivity contribution in [1.82, 2.24) is 4.72 Å². The van der Waals surface area contributed by atoms with Crippen LogP contribution in [0.4, 0.5) is 0 Å². The molecule has 0 fully saturated rings. The third-order valence-electron chi connectivity index (χ3n) is 4.48. The predicted molar refractivity (Wildman–Crippen MR) is 93.5 cm³/mol. The molecule has 0 bridgehead atoms. The number of benzene rings is 2. The summed E-state index contributed by atoms with van der Waals surface area (Å²) in [5.41, 5.74) is 2.55. The van der Waals surface area contributed by atoms with Crippen LogP contribution < -0.4 is 4.72 Å². The van der Waals surface area contributed by atoms with Crippen molar-refractivity contribution in [1.29, 1.82) is 0 Å². The highest BCUT2D eigenvalue weighted by Gasteiger charge is 2.37. The molecule has 0 saturated carbocycles. The van der Waals surface area contributed by atoms with E-state index in [4.69, 9.17) is 4.42 Å². The molecule has 0 unspecified atom stereocenters. The molecule has 4 nitrogen and oxygen atoms in total. The molecule has 0 amide bonds. The molecule has 0 saturated heterocycles. The number of furan rings is 1. The molecular weight excluding hydrogens is 322 g/mol. The van der Waals surface area contributed by atoms with Crippen LogP contribution in [0.25, 0.3) is 11.0 Å². The van der Waals surface area contributed by atoms with Crippen LogP contribution in [0.3, 0.4) is 0 Å².